The second-order valence-corrected chi connectivity index (χ2v) is 6.27. The van der Waals surface area contributed by atoms with Gasteiger partial charge in [0.05, 0.1) is 11.8 Å². The smallest absolute Gasteiger partial charge is 0.311 e. The minimum absolute atomic E-state index is 0.171. The molecule has 4 nitrogen and oxygen atoms in total. The first kappa shape index (κ1) is 16.2. The molecule has 1 aromatic carbocycles. The molecule has 0 aliphatic carbocycles. The van der Waals surface area contributed by atoms with Gasteiger partial charge in [-0.3, -0.25) is 9.59 Å². The lowest BCUT2D eigenvalue weighted by Gasteiger charge is -2.38. The maximum atomic E-state index is 12.1. The number of carbonyl (C=O) groups is 2. The average molecular weight is 277 g/mol. The fourth-order valence-corrected chi connectivity index (χ4v) is 1.82. The molecule has 0 aromatic heterocycles. The summed E-state index contributed by atoms with van der Waals surface area (Å²) in [6, 6.07) is 7.72. The van der Waals surface area contributed by atoms with Crippen molar-refractivity contribution in [3.63, 3.8) is 0 Å². The molecule has 20 heavy (non-hydrogen) atoms. The van der Waals surface area contributed by atoms with Gasteiger partial charge in [0.15, 0.2) is 0 Å². The lowest BCUT2D eigenvalue weighted by atomic mass is 9.74. The molecule has 1 rings (SSSR count). The number of carboxylic acid groups (broad SMARTS) is 1. The van der Waals surface area contributed by atoms with Gasteiger partial charge in [0.2, 0.25) is 5.91 Å². The van der Waals surface area contributed by atoms with Crippen molar-refractivity contribution in [1.82, 2.24) is 5.32 Å². The Bertz CT molecular complexity index is 518. The van der Waals surface area contributed by atoms with Crippen molar-refractivity contribution in [3.05, 3.63) is 35.4 Å². The average Bonchev–Trinajstić information content (AvgIpc) is 2.27. The largest absolute Gasteiger partial charge is 0.481 e. The molecule has 4 heteroatoms. The Hall–Kier alpha value is -1.84. The number of hydrogen-bond donors (Lipinski definition) is 2. The number of nitrogens with one attached hydrogen (secondary N) is 1. The van der Waals surface area contributed by atoms with Gasteiger partial charge in [-0.05, 0) is 40.2 Å². The topological polar surface area (TPSA) is 66.4 Å². The zero-order valence-corrected chi connectivity index (χ0v) is 12.8. The molecule has 0 aliphatic heterocycles. The molecule has 1 amide bonds. The standard InChI is InChI=1S/C16H23NO3/c1-11-7-6-8-12(9-11)10-13(18)17-16(4,5)15(2,3)14(19)20/h6-9H,10H2,1-5H3,(H,17,18)(H,19,20). The number of aryl methyl sites for hydroxylation is 1. The van der Waals surface area contributed by atoms with Crippen LogP contribution >= 0.6 is 0 Å². The molecule has 0 atom stereocenters. The fourth-order valence-electron chi connectivity index (χ4n) is 1.82. The Morgan fingerprint density at radius 3 is 2.30 bits per heavy atom. The monoisotopic (exact) mass is 277 g/mol. The van der Waals surface area contributed by atoms with Crippen LogP contribution in [0.25, 0.3) is 0 Å². The summed E-state index contributed by atoms with van der Waals surface area (Å²) in [4.78, 5) is 23.4. The van der Waals surface area contributed by atoms with Crippen molar-refractivity contribution >= 4 is 11.9 Å². The Morgan fingerprint density at radius 1 is 1.20 bits per heavy atom. The highest BCUT2D eigenvalue weighted by Gasteiger charge is 2.44. The molecule has 0 unspecified atom stereocenters. The molecule has 0 fully saturated rings. The van der Waals surface area contributed by atoms with E-state index in [0.717, 1.165) is 11.1 Å². The number of benzene rings is 1. The van der Waals surface area contributed by atoms with Crippen LogP contribution < -0.4 is 5.32 Å². The molecule has 0 saturated heterocycles. The fraction of sp³-hybridized carbons (Fsp3) is 0.500. The van der Waals surface area contributed by atoms with Crippen LogP contribution in [0.15, 0.2) is 24.3 Å². The first-order valence-corrected chi connectivity index (χ1v) is 6.66. The van der Waals surface area contributed by atoms with E-state index in [-0.39, 0.29) is 12.3 Å². The summed E-state index contributed by atoms with van der Waals surface area (Å²) < 4.78 is 0. The Labute approximate surface area is 120 Å². The zero-order chi connectivity index (χ0) is 15.6. The molecule has 2 N–H and O–H groups in total. The number of aliphatic carboxylic acids is 1. The molecule has 0 aliphatic rings. The van der Waals surface area contributed by atoms with Crippen molar-refractivity contribution in [3.8, 4) is 0 Å². The summed E-state index contributed by atoms with van der Waals surface area (Å²) in [5, 5.41) is 12.1. The summed E-state index contributed by atoms with van der Waals surface area (Å²) in [7, 11) is 0. The predicted octanol–water partition coefficient (Wildman–Crippen LogP) is 2.54. The lowest BCUT2D eigenvalue weighted by Crippen LogP contribution is -2.57. The SMILES string of the molecule is Cc1cccc(CC(=O)NC(C)(C)C(C)(C)C(=O)O)c1. The molecule has 0 radical (unpaired) electrons. The normalized spacial score (nSPS) is 12.1. The van der Waals surface area contributed by atoms with E-state index in [0.29, 0.717) is 0 Å². The first-order valence-electron chi connectivity index (χ1n) is 6.66. The van der Waals surface area contributed by atoms with E-state index >= 15 is 0 Å². The van der Waals surface area contributed by atoms with Gasteiger partial charge in [0.25, 0.3) is 0 Å². The Kier molecular flexibility index (Phi) is 4.58. The van der Waals surface area contributed by atoms with Gasteiger partial charge in [-0.1, -0.05) is 29.8 Å². The van der Waals surface area contributed by atoms with E-state index in [2.05, 4.69) is 5.32 Å². The van der Waals surface area contributed by atoms with Gasteiger partial charge in [-0.25, -0.2) is 0 Å². The summed E-state index contributed by atoms with van der Waals surface area (Å²) in [5.41, 5.74) is 0.140. The molecule has 0 heterocycles. The number of hydrogen-bond acceptors (Lipinski definition) is 2. The van der Waals surface area contributed by atoms with E-state index in [1.54, 1.807) is 27.7 Å². The van der Waals surface area contributed by atoms with Crippen LogP contribution in [0.2, 0.25) is 0 Å². The van der Waals surface area contributed by atoms with E-state index in [1.807, 2.05) is 31.2 Å². The number of rotatable bonds is 5. The summed E-state index contributed by atoms with van der Waals surface area (Å²) in [6.07, 6.45) is 0.251. The van der Waals surface area contributed by atoms with Crippen LogP contribution in [0.5, 0.6) is 0 Å². The molecular formula is C16H23NO3. The maximum Gasteiger partial charge on any atom is 0.311 e. The van der Waals surface area contributed by atoms with Crippen molar-refractivity contribution in [2.75, 3.05) is 0 Å². The second kappa shape index (κ2) is 5.65. The number of carbonyl (C=O) groups excluding carboxylic acids is 1. The van der Waals surface area contributed by atoms with E-state index < -0.39 is 16.9 Å². The maximum absolute atomic E-state index is 12.1. The van der Waals surface area contributed by atoms with Crippen LogP contribution in [0.1, 0.15) is 38.8 Å². The van der Waals surface area contributed by atoms with E-state index in [1.165, 1.54) is 0 Å². The zero-order valence-electron chi connectivity index (χ0n) is 12.8. The highest BCUT2D eigenvalue weighted by Crippen LogP contribution is 2.30. The molecule has 0 bridgehead atoms. The molecule has 0 saturated carbocycles. The highest BCUT2D eigenvalue weighted by molar-refractivity contribution is 5.82. The Balaban J connectivity index is 2.78. The van der Waals surface area contributed by atoms with Crippen molar-refractivity contribution < 1.29 is 14.7 Å². The van der Waals surface area contributed by atoms with Crippen molar-refractivity contribution in [2.45, 2.75) is 46.6 Å². The van der Waals surface area contributed by atoms with Crippen LogP contribution in [0, 0.1) is 12.3 Å². The van der Waals surface area contributed by atoms with Gasteiger partial charge in [0, 0.05) is 5.54 Å². The molecule has 0 spiro atoms. The van der Waals surface area contributed by atoms with Crippen LogP contribution in [-0.4, -0.2) is 22.5 Å². The molecular weight excluding hydrogens is 254 g/mol. The summed E-state index contributed by atoms with van der Waals surface area (Å²) >= 11 is 0. The van der Waals surface area contributed by atoms with Gasteiger partial charge >= 0.3 is 5.97 Å². The third-order valence-electron chi connectivity index (χ3n) is 4.00. The predicted molar refractivity (Wildman–Crippen MR) is 78.5 cm³/mol. The third kappa shape index (κ3) is 3.59. The van der Waals surface area contributed by atoms with Crippen LogP contribution in [-0.2, 0) is 16.0 Å². The summed E-state index contributed by atoms with van der Waals surface area (Å²) in [6.45, 7) is 8.66. The van der Waals surface area contributed by atoms with E-state index in [4.69, 9.17) is 0 Å². The van der Waals surface area contributed by atoms with Crippen LogP contribution in [0.3, 0.4) is 0 Å². The van der Waals surface area contributed by atoms with Crippen molar-refractivity contribution in [1.29, 1.82) is 0 Å². The number of amides is 1. The number of carboxylic acids is 1. The highest BCUT2D eigenvalue weighted by atomic mass is 16.4. The molecule has 1 aromatic rings. The first-order chi connectivity index (χ1) is 9.06. The van der Waals surface area contributed by atoms with Gasteiger partial charge < -0.3 is 10.4 Å². The second-order valence-electron chi connectivity index (χ2n) is 6.27. The van der Waals surface area contributed by atoms with E-state index in [9.17, 15) is 14.7 Å². The quantitative estimate of drug-likeness (QED) is 0.869. The Morgan fingerprint density at radius 2 is 1.80 bits per heavy atom. The van der Waals surface area contributed by atoms with Crippen molar-refractivity contribution in [2.24, 2.45) is 5.41 Å². The third-order valence-corrected chi connectivity index (χ3v) is 4.00. The van der Waals surface area contributed by atoms with Gasteiger partial charge in [0.1, 0.15) is 0 Å². The lowest BCUT2D eigenvalue weighted by molar-refractivity contribution is -0.151. The minimum atomic E-state index is -1.05. The minimum Gasteiger partial charge on any atom is -0.481 e. The van der Waals surface area contributed by atoms with Gasteiger partial charge in [-0.15, -0.1) is 0 Å². The summed E-state index contributed by atoms with van der Waals surface area (Å²) in [5.74, 6) is -1.10. The molecule has 110 valence electrons. The van der Waals surface area contributed by atoms with Gasteiger partial charge in [-0.2, -0.15) is 0 Å². The van der Waals surface area contributed by atoms with Crippen LogP contribution in [0.4, 0.5) is 0 Å².